The Balaban J connectivity index is 1.72. The monoisotopic (exact) mass is 316 g/mol. The Morgan fingerprint density at radius 3 is 2.74 bits per heavy atom. The summed E-state index contributed by atoms with van der Waals surface area (Å²) in [5.41, 5.74) is 2.07. The molecule has 0 fully saturated rings. The van der Waals surface area contributed by atoms with Crippen molar-refractivity contribution in [2.45, 2.75) is 12.5 Å². The maximum absolute atomic E-state index is 5.64. The molecule has 1 aliphatic rings. The van der Waals surface area contributed by atoms with E-state index in [0.717, 1.165) is 16.6 Å². The van der Waals surface area contributed by atoms with Crippen LogP contribution in [0, 0.1) is 0 Å². The number of benzene rings is 1. The summed E-state index contributed by atoms with van der Waals surface area (Å²) in [6, 6.07) is 14.4. The summed E-state index contributed by atoms with van der Waals surface area (Å²) in [5, 5.41) is 0. The fourth-order valence-electron chi connectivity index (χ4n) is 2.05. The van der Waals surface area contributed by atoms with Gasteiger partial charge < -0.3 is 4.74 Å². The highest BCUT2D eigenvalue weighted by molar-refractivity contribution is 9.10. The van der Waals surface area contributed by atoms with E-state index in [0.29, 0.717) is 12.5 Å². The number of halogens is 1. The van der Waals surface area contributed by atoms with Gasteiger partial charge in [0, 0.05) is 10.7 Å². The zero-order chi connectivity index (χ0) is 13.1. The van der Waals surface area contributed by atoms with Crippen molar-refractivity contribution in [3.05, 3.63) is 64.4 Å². The number of hydrogen-bond acceptors (Lipinski definition) is 3. The predicted molar refractivity (Wildman–Crippen MR) is 78.4 cm³/mol. The Bertz CT molecular complexity index is 581. The number of nitrogens with zero attached hydrogens (tertiary/aromatic N) is 2. The van der Waals surface area contributed by atoms with Crippen molar-refractivity contribution in [2.24, 2.45) is 4.99 Å². The molecule has 1 aliphatic heterocycles. The van der Waals surface area contributed by atoms with Crippen molar-refractivity contribution in [1.82, 2.24) is 4.98 Å². The lowest BCUT2D eigenvalue weighted by atomic mass is 10.1. The lowest BCUT2D eigenvalue weighted by molar-refractivity contribution is 0.316. The molecule has 19 heavy (non-hydrogen) atoms. The minimum absolute atomic E-state index is 0.183. The average Bonchev–Trinajstić information content (AvgIpc) is 2.89. The molecule has 2 heterocycles. The molecule has 1 aromatic carbocycles. The third-order valence-electron chi connectivity index (χ3n) is 2.97. The maximum Gasteiger partial charge on any atom is 0.235 e. The molecular weight excluding hydrogens is 304 g/mol. The number of rotatable bonds is 3. The summed E-state index contributed by atoms with van der Waals surface area (Å²) in [4.78, 5) is 8.90. The Morgan fingerprint density at radius 2 is 2.00 bits per heavy atom. The standard InChI is InChI=1S/C15H13BrN2O/c16-12-6-7-14(17-9-12)15-18-13(10-19-15)8-11-4-2-1-3-5-11/h1-7,9,13H,8,10H2/t13-/m0/s1. The number of ether oxygens (including phenoxy) is 1. The normalized spacial score (nSPS) is 17.9. The van der Waals surface area contributed by atoms with E-state index in [1.807, 2.05) is 30.3 Å². The van der Waals surface area contributed by atoms with E-state index in [9.17, 15) is 0 Å². The van der Waals surface area contributed by atoms with Crippen LogP contribution in [0.5, 0.6) is 0 Å². The minimum Gasteiger partial charge on any atom is -0.474 e. The van der Waals surface area contributed by atoms with Gasteiger partial charge in [-0.2, -0.15) is 0 Å². The van der Waals surface area contributed by atoms with Crippen LogP contribution < -0.4 is 0 Å². The molecule has 0 amide bonds. The molecule has 0 saturated carbocycles. The quantitative estimate of drug-likeness (QED) is 0.871. The number of hydrogen-bond donors (Lipinski definition) is 0. The molecule has 3 rings (SSSR count). The van der Waals surface area contributed by atoms with E-state index in [-0.39, 0.29) is 6.04 Å². The van der Waals surface area contributed by atoms with E-state index in [1.165, 1.54) is 5.56 Å². The summed E-state index contributed by atoms with van der Waals surface area (Å²) in [5.74, 6) is 0.647. The molecule has 96 valence electrons. The fourth-order valence-corrected chi connectivity index (χ4v) is 2.28. The van der Waals surface area contributed by atoms with Gasteiger partial charge in [-0.1, -0.05) is 30.3 Å². The summed E-state index contributed by atoms with van der Waals surface area (Å²) in [6.07, 6.45) is 2.66. The van der Waals surface area contributed by atoms with E-state index in [4.69, 9.17) is 4.74 Å². The van der Waals surface area contributed by atoms with Crippen LogP contribution in [0.4, 0.5) is 0 Å². The average molecular weight is 317 g/mol. The Labute approximate surface area is 120 Å². The maximum atomic E-state index is 5.64. The third kappa shape index (κ3) is 3.01. The highest BCUT2D eigenvalue weighted by atomic mass is 79.9. The summed E-state index contributed by atoms with van der Waals surface area (Å²) < 4.78 is 6.59. The van der Waals surface area contributed by atoms with Crippen LogP contribution >= 0.6 is 15.9 Å². The highest BCUT2D eigenvalue weighted by Gasteiger charge is 2.21. The molecule has 2 aromatic rings. The summed E-state index contributed by atoms with van der Waals surface area (Å²) in [7, 11) is 0. The lowest BCUT2D eigenvalue weighted by Gasteiger charge is -2.03. The van der Waals surface area contributed by atoms with Crippen molar-refractivity contribution >= 4 is 21.8 Å². The van der Waals surface area contributed by atoms with Crippen LogP contribution in [0.15, 0.2) is 58.1 Å². The molecule has 0 N–H and O–H groups in total. The second kappa shape index (κ2) is 5.53. The molecule has 0 aliphatic carbocycles. The van der Waals surface area contributed by atoms with E-state index < -0.39 is 0 Å². The van der Waals surface area contributed by atoms with E-state index in [2.05, 4.69) is 38.0 Å². The van der Waals surface area contributed by atoms with Crippen LogP contribution in [0.3, 0.4) is 0 Å². The second-order valence-electron chi connectivity index (χ2n) is 4.45. The predicted octanol–water partition coefficient (Wildman–Crippen LogP) is 3.23. The van der Waals surface area contributed by atoms with Crippen molar-refractivity contribution in [1.29, 1.82) is 0 Å². The van der Waals surface area contributed by atoms with Crippen molar-refractivity contribution < 1.29 is 4.74 Å². The first-order valence-corrected chi connectivity index (χ1v) is 6.97. The van der Waals surface area contributed by atoms with Gasteiger partial charge in [-0.05, 0) is 40.0 Å². The largest absolute Gasteiger partial charge is 0.474 e. The van der Waals surface area contributed by atoms with Gasteiger partial charge in [0.15, 0.2) is 0 Å². The summed E-state index contributed by atoms with van der Waals surface area (Å²) >= 11 is 3.37. The van der Waals surface area contributed by atoms with E-state index in [1.54, 1.807) is 6.20 Å². The van der Waals surface area contributed by atoms with Crippen molar-refractivity contribution in [3.8, 4) is 0 Å². The molecule has 0 saturated heterocycles. The Morgan fingerprint density at radius 1 is 1.16 bits per heavy atom. The highest BCUT2D eigenvalue weighted by Crippen LogP contribution is 2.16. The zero-order valence-corrected chi connectivity index (χ0v) is 11.9. The second-order valence-corrected chi connectivity index (χ2v) is 5.37. The van der Waals surface area contributed by atoms with Crippen LogP contribution in [-0.4, -0.2) is 23.5 Å². The SMILES string of the molecule is Brc1ccc(C2=N[C@@H](Cc3ccccc3)CO2)nc1. The topological polar surface area (TPSA) is 34.5 Å². The minimum atomic E-state index is 0.183. The van der Waals surface area contributed by atoms with Gasteiger partial charge in [-0.3, -0.25) is 4.98 Å². The van der Waals surface area contributed by atoms with Gasteiger partial charge in [0.2, 0.25) is 5.90 Å². The first-order chi connectivity index (χ1) is 9.31. The first-order valence-electron chi connectivity index (χ1n) is 6.18. The van der Waals surface area contributed by atoms with Gasteiger partial charge in [-0.25, -0.2) is 4.99 Å². The molecule has 0 spiro atoms. The molecule has 4 heteroatoms. The van der Waals surface area contributed by atoms with Gasteiger partial charge in [0.25, 0.3) is 0 Å². The number of aromatic nitrogens is 1. The van der Waals surface area contributed by atoms with E-state index >= 15 is 0 Å². The van der Waals surface area contributed by atoms with Gasteiger partial charge in [0.05, 0.1) is 6.04 Å². The lowest BCUT2D eigenvalue weighted by Crippen LogP contribution is -2.09. The first kappa shape index (κ1) is 12.4. The van der Waals surface area contributed by atoms with Gasteiger partial charge in [0.1, 0.15) is 12.3 Å². The molecule has 0 radical (unpaired) electrons. The van der Waals surface area contributed by atoms with Crippen molar-refractivity contribution in [2.75, 3.05) is 6.61 Å². The molecule has 1 atom stereocenters. The van der Waals surface area contributed by atoms with Gasteiger partial charge >= 0.3 is 0 Å². The number of aliphatic imine (C=N–C) groups is 1. The van der Waals surface area contributed by atoms with Crippen LogP contribution in [0.2, 0.25) is 0 Å². The molecule has 0 unspecified atom stereocenters. The fraction of sp³-hybridized carbons (Fsp3) is 0.200. The summed E-state index contributed by atoms with van der Waals surface area (Å²) in [6.45, 7) is 0.627. The van der Waals surface area contributed by atoms with Crippen LogP contribution in [0.1, 0.15) is 11.3 Å². The third-order valence-corrected chi connectivity index (χ3v) is 3.44. The molecule has 0 bridgehead atoms. The van der Waals surface area contributed by atoms with Gasteiger partial charge in [-0.15, -0.1) is 0 Å². The van der Waals surface area contributed by atoms with Crippen LogP contribution in [0.25, 0.3) is 0 Å². The Hall–Kier alpha value is -1.68. The zero-order valence-electron chi connectivity index (χ0n) is 10.3. The molecule has 3 nitrogen and oxygen atoms in total. The van der Waals surface area contributed by atoms with Crippen LogP contribution in [-0.2, 0) is 11.2 Å². The Kier molecular flexibility index (Phi) is 3.60. The molecule has 1 aromatic heterocycles. The van der Waals surface area contributed by atoms with Crippen molar-refractivity contribution in [3.63, 3.8) is 0 Å². The smallest absolute Gasteiger partial charge is 0.235 e. The number of pyridine rings is 1. The molecular formula is C15H13BrN2O.